The average molecular weight is 557 g/mol. The van der Waals surface area contributed by atoms with E-state index in [9.17, 15) is 24.3 Å². The Morgan fingerprint density at radius 3 is 2.48 bits per heavy atom. The molecule has 40 heavy (non-hydrogen) atoms. The summed E-state index contributed by atoms with van der Waals surface area (Å²) in [6.45, 7) is 6.70. The molecule has 4 rings (SSSR count). The van der Waals surface area contributed by atoms with Crippen molar-refractivity contribution in [3.63, 3.8) is 0 Å². The Balaban J connectivity index is 1.43. The highest BCUT2D eigenvalue weighted by Crippen LogP contribution is 2.37. The number of epoxide rings is 1. The van der Waals surface area contributed by atoms with Crippen molar-refractivity contribution in [1.29, 1.82) is 0 Å². The summed E-state index contributed by atoms with van der Waals surface area (Å²) in [4.78, 5) is 55.0. The van der Waals surface area contributed by atoms with Crippen molar-refractivity contribution in [3.05, 3.63) is 29.8 Å². The van der Waals surface area contributed by atoms with Crippen LogP contribution < -0.4 is 5.32 Å². The topological polar surface area (TPSA) is 126 Å². The minimum atomic E-state index is -0.877. The van der Waals surface area contributed by atoms with Gasteiger partial charge in [0.25, 0.3) is 0 Å². The van der Waals surface area contributed by atoms with E-state index < -0.39 is 23.5 Å². The van der Waals surface area contributed by atoms with Gasteiger partial charge in [0, 0.05) is 37.8 Å². The van der Waals surface area contributed by atoms with Crippen LogP contribution in [-0.2, 0) is 35.1 Å². The lowest BCUT2D eigenvalue weighted by molar-refractivity contribution is -0.134. The number of morpholine rings is 1. The number of nitrogens with one attached hydrogen (secondary N) is 1. The fraction of sp³-hybridized carbons (Fsp3) is 0.677. The number of phenolic OH excluding ortho intramolecular Hbond substituents is 1. The molecule has 9 nitrogen and oxygen atoms in total. The summed E-state index contributed by atoms with van der Waals surface area (Å²) in [6, 6.07) is 5.73. The molecule has 1 saturated carbocycles. The maximum absolute atomic E-state index is 13.8. The van der Waals surface area contributed by atoms with Crippen LogP contribution in [0.4, 0.5) is 0 Å². The SMILES string of the molecule is C[C@H](CC(=O)CN1CCOCC1)C(=O)N[C@@H](Cc1cccc(O)c1)C(=O)C[C@@H](CC1CCCC1)C(=O)[C@@]1(C)CO1. The number of rotatable bonds is 15. The first kappa shape index (κ1) is 30.3. The van der Waals surface area contributed by atoms with Gasteiger partial charge in [0.1, 0.15) is 17.1 Å². The third-order valence-corrected chi connectivity index (χ3v) is 8.55. The zero-order valence-corrected chi connectivity index (χ0v) is 23.9. The van der Waals surface area contributed by atoms with Crippen LogP contribution >= 0.6 is 0 Å². The maximum Gasteiger partial charge on any atom is 0.223 e. The van der Waals surface area contributed by atoms with Crippen molar-refractivity contribution >= 4 is 23.3 Å². The van der Waals surface area contributed by atoms with Gasteiger partial charge in [-0.2, -0.15) is 0 Å². The van der Waals surface area contributed by atoms with Crippen molar-refractivity contribution < 1.29 is 33.8 Å². The van der Waals surface area contributed by atoms with Crippen molar-refractivity contribution in [2.45, 2.75) is 76.9 Å². The first-order valence-corrected chi connectivity index (χ1v) is 14.7. The molecule has 1 aromatic rings. The van der Waals surface area contributed by atoms with E-state index in [2.05, 4.69) is 5.32 Å². The van der Waals surface area contributed by atoms with Crippen molar-refractivity contribution in [3.8, 4) is 5.75 Å². The molecule has 1 amide bonds. The Morgan fingerprint density at radius 1 is 1.12 bits per heavy atom. The minimum Gasteiger partial charge on any atom is -0.508 e. The van der Waals surface area contributed by atoms with Crippen LogP contribution in [0, 0.1) is 17.8 Å². The van der Waals surface area contributed by atoms with Gasteiger partial charge in [0.2, 0.25) is 5.91 Å². The summed E-state index contributed by atoms with van der Waals surface area (Å²) in [6.07, 6.45) is 5.37. The Labute approximate surface area is 237 Å². The number of carbonyl (C=O) groups excluding carboxylic acids is 4. The molecule has 2 saturated heterocycles. The van der Waals surface area contributed by atoms with Gasteiger partial charge in [-0.25, -0.2) is 0 Å². The number of ether oxygens (including phenoxy) is 2. The molecule has 2 N–H and O–H groups in total. The summed E-state index contributed by atoms with van der Waals surface area (Å²) < 4.78 is 10.8. The smallest absolute Gasteiger partial charge is 0.223 e. The van der Waals surface area contributed by atoms with Crippen molar-refractivity contribution in [2.24, 2.45) is 17.8 Å². The molecule has 9 heteroatoms. The van der Waals surface area contributed by atoms with E-state index in [-0.39, 0.29) is 54.8 Å². The molecule has 3 fully saturated rings. The molecule has 0 aromatic heterocycles. The van der Waals surface area contributed by atoms with Crippen LogP contribution in [0.2, 0.25) is 0 Å². The second-order valence-electron chi connectivity index (χ2n) is 12.1. The Hall–Kier alpha value is -2.62. The number of amides is 1. The molecular weight excluding hydrogens is 512 g/mol. The van der Waals surface area contributed by atoms with Crippen LogP contribution in [-0.4, -0.2) is 84.4 Å². The monoisotopic (exact) mass is 556 g/mol. The Bertz CT molecular complexity index is 1060. The second-order valence-corrected chi connectivity index (χ2v) is 12.1. The fourth-order valence-electron chi connectivity index (χ4n) is 5.98. The lowest BCUT2D eigenvalue weighted by atomic mass is 9.81. The number of Topliss-reactive ketones (excluding diaryl/α,β-unsaturated/α-hetero) is 3. The number of aromatic hydroxyl groups is 1. The highest BCUT2D eigenvalue weighted by molar-refractivity contribution is 5.97. The average Bonchev–Trinajstić information content (AvgIpc) is 3.46. The normalized spacial score (nSPS) is 23.8. The minimum absolute atomic E-state index is 0.0275. The zero-order valence-electron chi connectivity index (χ0n) is 23.9. The van der Waals surface area contributed by atoms with Crippen LogP contribution in [0.3, 0.4) is 0 Å². The predicted molar refractivity (Wildman–Crippen MR) is 149 cm³/mol. The molecule has 1 aliphatic carbocycles. The van der Waals surface area contributed by atoms with Crippen LogP contribution in [0.25, 0.3) is 0 Å². The second kappa shape index (κ2) is 13.8. The molecule has 4 atom stereocenters. The molecule has 220 valence electrons. The zero-order chi connectivity index (χ0) is 28.7. The number of phenols is 1. The summed E-state index contributed by atoms with van der Waals surface area (Å²) in [5.74, 6) is -1.22. The van der Waals surface area contributed by atoms with E-state index in [0.29, 0.717) is 50.8 Å². The lowest BCUT2D eigenvalue weighted by Crippen LogP contribution is -2.46. The van der Waals surface area contributed by atoms with E-state index in [1.807, 2.05) is 4.90 Å². The number of carbonyl (C=O) groups is 4. The van der Waals surface area contributed by atoms with Gasteiger partial charge < -0.3 is 19.9 Å². The highest BCUT2D eigenvalue weighted by Gasteiger charge is 2.50. The Morgan fingerprint density at radius 2 is 1.82 bits per heavy atom. The van der Waals surface area contributed by atoms with E-state index in [1.165, 1.54) is 0 Å². The lowest BCUT2D eigenvalue weighted by Gasteiger charge is -2.26. The Kier molecular flexibility index (Phi) is 10.5. The third-order valence-electron chi connectivity index (χ3n) is 8.55. The number of benzene rings is 1. The first-order chi connectivity index (χ1) is 19.1. The molecule has 2 aliphatic heterocycles. The van der Waals surface area contributed by atoms with Gasteiger partial charge in [0.05, 0.1) is 32.4 Å². The van der Waals surface area contributed by atoms with Crippen molar-refractivity contribution in [1.82, 2.24) is 10.2 Å². The van der Waals surface area contributed by atoms with Gasteiger partial charge in [-0.3, -0.25) is 24.1 Å². The maximum atomic E-state index is 13.8. The van der Waals surface area contributed by atoms with Crippen LogP contribution in [0.5, 0.6) is 5.75 Å². The summed E-state index contributed by atoms with van der Waals surface area (Å²) in [5.41, 5.74) is -0.117. The molecule has 2 heterocycles. The highest BCUT2D eigenvalue weighted by atomic mass is 16.6. The molecule has 0 spiro atoms. The molecule has 3 aliphatic rings. The number of nitrogens with zero attached hydrogens (tertiary/aromatic N) is 1. The quantitative estimate of drug-likeness (QED) is 0.316. The van der Waals surface area contributed by atoms with Gasteiger partial charge >= 0.3 is 0 Å². The van der Waals surface area contributed by atoms with Crippen molar-refractivity contribution in [2.75, 3.05) is 39.5 Å². The number of hydrogen-bond acceptors (Lipinski definition) is 8. The summed E-state index contributed by atoms with van der Waals surface area (Å²) in [5, 5.41) is 12.8. The number of ketones is 3. The van der Waals surface area contributed by atoms with E-state index in [0.717, 1.165) is 25.7 Å². The standard InChI is InChI=1S/C31H44N2O7/c1-21(14-26(35)19-33-10-12-39-13-11-33)30(38)32-27(17-23-8-5-9-25(34)16-23)28(36)18-24(15-22-6-3-4-7-22)29(37)31(2)20-40-31/h5,8-9,16,21-22,24,27,34H,3-4,6-7,10-15,17-20H2,1-2H3,(H,32,38)/t21-,24-,27+,31-/m1/s1. The first-order valence-electron chi connectivity index (χ1n) is 14.7. The van der Waals surface area contributed by atoms with Crippen LogP contribution in [0.15, 0.2) is 24.3 Å². The molecule has 0 unspecified atom stereocenters. The number of hydrogen-bond donors (Lipinski definition) is 2. The molecular formula is C31H44N2O7. The van der Waals surface area contributed by atoms with Gasteiger partial charge in [0.15, 0.2) is 11.6 Å². The summed E-state index contributed by atoms with van der Waals surface area (Å²) in [7, 11) is 0. The van der Waals surface area contributed by atoms with E-state index in [1.54, 1.807) is 38.1 Å². The van der Waals surface area contributed by atoms with Gasteiger partial charge in [-0.15, -0.1) is 0 Å². The predicted octanol–water partition coefficient (Wildman–Crippen LogP) is 2.86. The van der Waals surface area contributed by atoms with Crippen LogP contribution in [0.1, 0.15) is 64.4 Å². The van der Waals surface area contributed by atoms with Gasteiger partial charge in [-0.1, -0.05) is 44.7 Å². The van der Waals surface area contributed by atoms with E-state index >= 15 is 0 Å². The van der Waals surface area contributed by atoms with E-state index in [4.69, 9.17) is 9.47 Å². The van der Waals surface area contributed by atoms with Gasteiger partial charge in [-0.05, 0) is 43.4 Å². The molecule has 0 bridgehead atoms. The summed E-state index contributed by atoms with van der Waals surface area (Å²) >= 11 is 0. The third kappa shape index (κ3) is 8.69. The largest absolute Gasteiger partial charge is 0.508 e. The fourth-order valence-corrected chi connectivity index (χ4v) is 5.98. The molecule has 1 aromatic carbocycles. The molecule has 0 radical (unpaired) electrons.